The summed E-state index contributed by atoms with van der Waals surface area (Å²) in [5.74, 6) is -0.0124. The van der Waals surface area contributed by atoms with E-state index in [-0.39, 0.29) is 31.0 Å². The van der Waals surface area contributed by atoms with E-state index < -0.39 is 0 Å². The molecule has 26 heavy (non-hydrogen) atoms. The Morgan fingerprint density at radius 2 is 1.92 bits per heavy atom. The van der Waals surface area contributed by atoms with Crippen LogP contribution in [-0.4, -0.2) is 92.8 Å². The van der Waals surface area contributed by atoms with Crippen LogP contribution in [0.3, 0.4) is 0 Å². The molecule has 0 aromatic rings. The number of β-lactam (4-membered cyclic amide) rings is 1. The molecule has 0 radical (unpaired) electrons. The number of rotatable bonds is 10. The third-order valence-corrected chi connectivity index (χ3v) is 4.36. The Morgan fingerprint density at radius 1 is 1.35 bits per heavy atom. The Kier molecular flexibility index (Phi) is 15.7. The van der Waals surface area contributed by atoms with Gasteiger partial charge in [0.15, 0.2) is 0 Å². The van der Waals surface area contributed by atoms with Crippen molar-refractivity contribution in [3.05, 3.63) is 12.3 Å². The molecule has 0 saturated carbocycles. The summed E-state index contributed by atoms with van der Waals surface area (Å²) in [7, 11) is 6.67. The number of likely N-dealkylation sites (tertiary alicyclic amines) is 1. The first kappa shape index (κ1) is 27.1. The van der Waals surface area contributed by atoms with Crippen LogP contribution in [0.5, 0.6) is 0 Å². The Balaban J connectivity index is 0. The molecule has 9 heteroatoms. The molecule has 1 heterocycles. The van der Waals surface area contributed by atoms with Gasteiger partial charge in [0.25, 0.3) is 0 Å². The van der Waals surface area contributed by atoms with Crippen molar-refractivity contribution < 1.29 is 38.4 Å². The van der Waals surface area contributed by atoms with E-state index in [2.05, 4.69) is 10.6 Å². The van der Waals surface area contributed by atoms with E-state index in [0.717, 1.165) is 10.6 Å². The van der Waals surface area contributed by atoms with Gasteiger partial charge in [-0.1, -0.05) is 7.43 Å². The second kappa shape index (κ2) is 15.0. The topological polar surface area (TPSA) is 83.1 Å². The minimum absolute atomic E-state index is 0. The molecule has 0 bridgehead atoms. The van der Waals surface area contributed by atoms with Gasteiger partial charge < -0.3 is 15.0 Å². The van der Waals surface area contributed by atoms with Gasteiger partial charge in [0.1, 0.15) is 6.04 Å². The van der Waals surface area contributed by atoms with Gasteiger partial charge >= 0.3 is 95.5 Å². The van der Waals surface area contributed by atoms with Crippen LogP contribution in [-0.2, 0) is 38.4 Å². The maximum absolute atomic E-state index is 11.7. The monoisotopic (exact) mass is 541 g/mol. The van der Waals surface area contributed by atoms with E-state index in [1.807, 2.05) is 6.92 Å². The number of likely N-dealkylation sites (N-methyl/N-ethyl adjacent to an activating group) is 2. The van der Waals surface area contributed by atoms with Gasteiger partial charge in [0.05, 0.1) is 6.61 Å². The quantitative estimate of drug-likeness (QED) is 0.219. The first-order valence-corrected chi connectivity index (χ1v) is 9.37. The predicted molar refractivity (Wildman–Crippen MR) is 99.2 cm³/mol. The molecular weight excluding hydrogens is 508 g/mol. The molecular formula is C17H33N4O4W-. The zero-order valence-electron chi connectivity index (χ0n) is 15.6. The fourth-order valence-corrected chi connectivity index (χ4v) is 2.58. The second-order valence-electron chi connectivity index (χ2n) is 5.25. The fourth-order valence-electron chi connectivity index (χ4n) is 1.95. The summed E-state index contributed by atoms with van der Waals surface area (Å²) in [4.78, 5) is 26.2. The van der Waals surface area contributed by atoms with Crippen molar-refractivity contribution in [1.82, 2.24) is 20.4 Å². The number of amides is 2. The summed E-state index contributed by atoms with van der Waals surface area (Å²) in [5.41, 5.74) is 0.154. The van der Waals surface area contributed by atoms with Gasteiger partial charge in [-0.15, -0.1) is 0 Å². The van der Waals surface area contributed by atoms with Gasteiger partial charge in [-0.3, -0.25) is 4.79 Å². The van der Waals surface area contributed by atoms with Crippen molar-refractivity contribution in [2.45, 2.75) is 20.4 Å². The van der Waals surface area contributed by atoms with Crippen LogP contribution in [0, 0.1) is 6.58 Å². The molecule has 0 spiro atoms. The summed E-state index contributed by atoms with van der Waals surface area (Å²) in [5, 5.41) is 5.56. The molecule has 2 amide bonds. The molecule has 0 aromatic heterocycles. The van der Waals surface area contributed by atoms with Crippen LogP contribution in [0.2, 0.25) is 0 Å². The molecule has 1 aliphatic heterocycles. The van der Waals surface area contributed by atoms with Crippen LogP contribution in [0.15, 0.2) is 5.70 Å². The van der Waals surface area contributed by atoms with E-state index in [4.69, 9.17) is 16.1 Å². The SMILES string of the molecule is C.CN[C@H]1CN(CCOC)C1=O.[CH-]=C(NC)C(=O)N(CCOC)[C](C)=[W]. The van der Waals surface area contributed by atoms with Crippen LogP contribution in [0.4, 0.5) is 0 Å². The molecule has 1 aliphatic rings. The summed E-state index contributed by atoms with van der Waals surface area (Å²) in [6, 6.07) is 0.0480. The van der Waals surface area contributed by atoms with Gasteiger partial charge in [0, 0.05) is 20.2 Å². The Hall–Kier alpha value is -1.08. The number of hydrogen-bond acceptors (Lipinski definition) is 6. The molecule has 8 nitrogen and oxygen atoms in total. The number of ether oxygens (including phenoxy) is 2. The van der Waals surface area contributed by atoms with Crippen LogP contribution in [0.25, 0.3) is 0 Å². The molecule has 1 saturated heterocycles. The first-order valence-electron chi connectivity index (χ1n) is 7.90. The third kappa shape index (κ3) is 9.03. The average molecular weight is 541 g/mol. The van der Waals surface area contributed by atoms with Crippen molar-refractivity contribution in [3.8, 4) is 0 Å². The summed E-state index contributed by atoms with van der Waals surface area (Å²) >= 11 is 1.24. The van der Waals surface area contributed by atoms with Crippen molar-refractivity contribution in [1.29, 1.82) is 0 Å². The second-order valence-corrected chi connectivity index (χ2v) is 7.37. The number of hydrogen-bond donors (Lipinski definition) is 2. The van der Waals surface area contributed by atoms with Gasteiger partial charge in [-0.05, 0) is 7.05 Å². The van der Waals surface area contributed by atoms with E-state index in [0.29, 0.717) is 26.3 Å². The maximum atomic E-state index is 11.7. The van der Waals surface area contributed by atoms with Crippen LogP contribution >= 0.6 is 0 Å². The van der Waals surface area contributed by atoms with E-state index in [1.165, 1.54) is 19.4 Å². The van der Waals surface area contributed by atoms with Gasteiger partial charge in [-0.2, -0.15) is 0 Å². The van der Waals surface area contributed by atoms with Crippen LogP contribution in [0.1, 0.15) is 14.4 Å². The normalized spacial score (nSPS) is 15.0. The minimum atomic E-state index is -0.197. The Bertz CT molecular complexity index is 472. The summed E-state index contributed by atoms with van der Waals surface area (Å²) in [6.07, 6.45) is 0. The first-order chi connectivity index (χ1) is 11.8. The van der Waals surface area contributed by atoms with Crippen molar-refractivity contribution in [2.75, 3.05) is 61.2 Å². The molecule has 1 rings (SSSR count). The van der Waals surface area contributed by atoms with Gasteiger partial charge in [0.2, 0.25) is 5.91 Å². The summed E-state index contributed by atoms with van der Waals surface area (Å²) in [6.45, 7) is 10.6. The molecule has 0 aliphatic carbocycles. The van der Waals surface area contributed by atoms with Crippen molar-refractivity contribution in [2.24, 2.45) is 0 Å². The molecule has 1 fully saturated rings. The number of nitrogens with one attached hydrogen (secondary N) is 2. The standard InChI is InChI=1S/C9H15N2O2.C7H14N2O2.CH4.W/c1-5-11(6-7-13-4)9(12)8(2)10-3;1-8-6-5-9(7(6)10)3-4-11-2;;/h2,10H,6-7H2,1,3-4H3;6,8H,3-5H2,1-2H3;1H4;/q-1;;;/t;6-;;/m.0../s1. The predicted octanol–water partition coefficient (Wildman–Crippen LogP) is -0.607. The molecule has 0 aromatic carbocycles. The number of nitrogens with zero attached hydrogens (tertiary/aromatic N) is 2. The third-order valence-electron chi connectivity index (χ3n) is 3.57. The van der Waals surface area contributed by atoms with E-state index >= 15 is 0 Å². The summed E-state index contributed by atoms with van der Waals surface area (Å²) < 4.78 is 10.7. The van der Waals surface area contributed by atoms with E-state index in [1.54, 1.807) is 38.1 Å². The number of carbonyl (C=O) groups is 2. The molecule has 0 unspecified atom stereocenters. The van der Waals surface area contributed by atoms with Crippen molar-refractivity contribution >= 4 is 15.8 Å². The zero-order valence-corrected chi connectivity index (χ0v) is 18.6. The Morgan fingerprint density at radius 3 is 2.31 bits per heavy atom. The van der Waals surface area contributed by atoms with E-state index in [9.17, 15) is 9.59 Å². The molecule has 2 N–H and O–H groups in total. The molecule has 1 atom stereocenters. The Labute approximate surface area is 168 Å². The van der Waals surface area contributed by atoms with Crippen molar-refractivity contribution in [3.63, 3.8) is 0 Å². The fraction of sp³-hybridized carbons (Fsp3) is 0.706. The zero-order chi connectivity index (χ0) is 19.4. The molecule has 152 valence electrons. The van der Waals surface area contributed by atoms with Crippen LogP contribution < -0.4 is 10.6 Å². The van der Waals surface area contributed by atoms with Gasteiger partial charge in [-0.25, -0.2) is 0 Å². The number of methoxy groups -OCH3 is 2. The number of carbonyl (C=O) groups excluding carboxylic acids is 2. The average Bonchev–Trinajstić information content (AvgIpc) is 2.60.